The molecule has 1 aromatic rings. The van der Waals surface area contributed by atoms with Crippen LogP contribution in [0.4, 0.5) is 0 Å². The van der Waals surface area contributed by atoms with Gasteiger partial charge in [0.05, 0.1) is 6.20 Å². The largest absolute Gasteiger partial charge is 0.506 e. The molecular weight excluding hydrogens is 204 g/mol. The van der Waals surface area contributed by atoms with Gasteiger partial charge in [-0.2, -0.15) is 0 Å². The highest BCUT2D eigenvalue weighted by Gasteiger charge is 2.15. The van der Waals surface area contributed by atoms with E-state index in [-0.39, 0.29) is 5.75 Å². The molecule has 80 valence electrons. The van der Waals surface area contributed by atoms with Crippen LogP contribution < -0.4 is 5.73 Å². The van der Waals surface area contributed by atoms with Gasteiger partial charge in [0.15, 0.2) is 18.1 Å². The summed E-state index contributed by atoms with van der Waals surface area (Å²) in [7, 11) is 0. The van der Waals surface area contributed by atoms with Crippen molar-refractivity contribution in [2.24, 2.45) is 5.73 Å². The summed E-state index contributed by atoms with van der Waals surface area (Å²) >= 11 is 0. The van der Waals surface area contributed by atoms with Gasteiger partial charge in [-0.15, -0.1) is 0 Å². The van der Waals surface area contributed by atoms with Crippen LogP contribution in [0.25, 0.3) is 0 Å². The van der Waals surface area contributed by atoms with E-state index >= 15 is 0 Å². The lowest BCUT2D eigenvalue weighted by atomic mass is 10.3. The molecule has 0 unspecified atom stereocenters. The summed E-state index contributed by atoms with van der Waals surface area (Å²) in [6, 6.07) is 0.924. The monoisotopic (exact) mass is 212 g/mol. The normalized spacial score (nSPS) is 9.60. The number of aromatic hydroxyl groups is 2. The molecule has 0 aliphatic carbocycles. The van der Waals surface area contributed by atoms with Gasteiger partial charge in [-0.05, 0) is 0 Å². The molecule has 0 spiro atoms. The molecule has 4 N–H and O–H groups in total. The van der Waals surface area contributed by atoms with E-state index in [4.69, 9.17) is 10.8 Å². The van der Waals surface area contributed by atoms with Crippen molar-refractivity contribution < 1.29 is 24.5 Å². The van der Waals surface area contributed by atoms with Crippen LogP contribution in [0.1, 0.15) is 10.5 Å². The van der Waals surface area contributed by atoms with E-state index < -0.39 is 29.9 Å². The van der Waals surface area contributed by atoms with E-state index in [1.165, 1.54) is 0 Å². The van der Waals surface area contributed by atoms with E-state index in [0.29, 0.717) is 0 Å². The first kappa shape index (κ1) is 10.8. The van der Waals surface area contributed by atoms with Gasteiger partial charge in [-0.3, -0.25) is 4.79 Å². The minimum atomic E-state index is -0.994. The van der Waals surface area contributed by atoms with Gasteiger partial charge in [-0.25, -0.2) is 9.78 Å². The third-order valence-corrected chi connectivity index (χ3v) is 1.39. The number of primary amides is 1. The van der Waals surface area contributed by atoms with Crippen molar-refractivity contribution in [2.45, 2.75) is 0 Å². The van der Waals surface area contributed by atoms with Crippen molar-refractivity contribution in [3.63, 3.8) is 0 Å². The van der Waals surface area contributed by atoms with Gasteiger partial charge in [0.1, 0.15) is 5.75 Å². The molecule has 15 heavy (non-hydrogen) atoms. The minimum Gasteiger partial charge on any atom is -0.506 e. The zero-order valence-corrected chi connectivity index (χ0v) is 7.51. The second-order valence-corrected chi connectivity index (χ2v) is 2.60. The fourth-order valence-corrected chi connectivity index (χ4v) is 0.805. The summed E-state index contributed by atoms with van der Waals surface area (Å²) < 4.78 is 4.39. The predicted octanol–water partition coefficient (Wildman–Crippen LogP) is -0.865. The number of carbonyl (C=O) groups excluding carboxylic acids is 2. The molecule has 7 nitrogen and oxygen atoms in total. The fourth-order valence-electron chi connectivity index (χ4n) is 0.805. The molecule has 0 fully saturated rings. The van der Waals surface area contributed by atoms with E-state index in [2.05, 4.69) is 9.72 Å². The number of carbonyl (C=O) groups is 2. The van der Waals surface area contributed by atoms with Crippen molar-refractivity contribution in [3.8, 4) is 11.5 Å². The number of pyridine rings is 1. The summed E-state index contributed by atoms with van der Waals surface area (Å²) in [4.78, 5) is 24.9. The van der Waals surface area contributed by atoms with E-state index in [1.807, 2.05) is 0 Å². The molecule has 0 saturated carbocycles. The molecule has 1 rings (SSSR count). The third-order valence-electron chi connectivity index (χ3n) is 1.39. The maximum atomic E-state index is 11.1. The molecule has 0 radical (unpaired) electrons. The second-order valence-electron chi connectivity index (χ2n) is 2.60. The molecule has 0 aliphatic heterocycles. The Bertz CT molecular complexity index is 404. The van der Waals surface area contributed by atoms with Gasteiger partial charge >= 0.3 is 5.97 Å². The van der Waals surface area contributed by atoms with Gasteiger partial charge in [0.25, 0.3) is 5.91 Å². The zero-order valence-electron chi connectivity index (χ0n) is 7.51. The Morgan fingerprint density at radius 2 is 2.13 bits per heavy atom. The lowest BCUT2D eigenvalue weighted by Crippen LogP contribution is -2.21. The molecule has 0 saturated heterocycles. The number of rotatable bonds is 3. The second kappa shape index (κ2) is 4.27. The fraction of sp³-hybridized carbons (Fsp3) is 0.125. The Morgan fingerprint density at radius 3 is 2.67 bits per heavy atom. The molecule has 1 aromatic heterocycles. The van der Waals surface area contributed by atoms with Crippen molar-refractivity contribution in [3.05, 3.63) is 18.0 Å². The Kier molecular flexibility index (Phi) is 3.06. The Labute approximate surface area is 84.1 Å². The number of amides is 1. The third kappa shape index (κ3) is 2.83. The number of ether oxygens (including phenoxy) is 1. The van der Waals surface area contributed by atoms with Gasteiger partial charge in [-0.1, -0.05) is 0 Å². The quantitative estimate of drug-likeness (QED) is 0.560. The van der Waals surface area contributed by atoms with Crippen LogP contribution in [-0.4, -0.2) is 33.7 Å². The molecule has 1 heterocycles. The highest BCUT2D eigenvalue weighted by atomic mass is 16.5. The summed E-state index contributed by atoms with van der Waals surface area (Å²) in [6.07, 6.45) is 0.959. The summed E-state index contributed by atoms with van der Waals surface area (Å²) in [5.41, 5.74) is 4.35. The first-order valence-corrected chi connectivity index (χ1v) is 3.84. The summed E-state index contributed by atoms with van der Waals surface area (Å²) in [5, 5.41) is 18.1. The zero-order chi connectivity index (χ0) is 11.4. The van der Waals surface area contributed by atoms with Gasteiger partial charge in [0, 0.05) is 6.07 Å². The first-order valence-electron chi connectivity index (χ1n) is 3.84. The smallest absolute Gasteiger partial charge is 0.361 e. The van der Waals surface area contributed by atoms with E-state index in [0.717, 1.165) is 12.3 Å². The number of nitrogens with two attached hydrogens (primary N) is 1. The number of aromatic nitrogens is 1. The predicted molar refractivity (Wildman–Crippen MR) is 47.0 cm³/mol. The highest BCUT2D eigenvalue weighted by molar-refractivity contribution is 5.91. The minimum absolute atomic E-state index is 0.293. The number of hydrogen-bond donors (Lipinski definition) is 3. The van der Waals surface area contributed by atoms with Crippen molar-refractivity contribution in [2.75, 3.05) is 6.61 Å². The molecule has 0 atom stereocenters. The standard InChI is InChI=1S/C8H8N2O5/c9-6(13)3-15-8(14)7-5(12)1-4(11)2-10-7/h1-2,11-12H,3H2,(H2,9,13). The highest BCUT2D eigenvalue weighted by Crippen LogP contribution is 2.20. The topological polar surface area (TPSA) is 123 Å². The average Bonchev–Trinajstić information content (AvgIpc) is 2.14. The maximum absolute atomic E-state index is 11.1. The molecule has 0 aromatic carbocycles. The lowest BCUT2D eigenvalue weighted by Gasteiger charge is -2.03. The first-order chi connectivity index (χ1) is 7.00. The Balaban J connectivity index is 2.78. The van der Waals surface area contributed by atoms with E-state index in [1.54, 1.807) is 0 Å². The Morgan fingerprint density at radius 1 is 1.47 bits per heavy atom. The molecule has 0 aliphatic rings. The van der Waals surface area contributed by atoms with Gasteiger partial charge < -0.3 is 20.7 Å². The molecule has 1 amide bonds. The van der Waals surface area contributed by atoms with Crippen LogP contribution >= 0.6 is 0 Å². The number of esters is 1. The molecule has 7 heteroatoms. The van der Waals surface area contributed by atoms with Crippen molar-refractivity contribution in [1.29, 1.82) is 0 Å². The van der Waals surface area contributed by atoms with Crippen LogP contribution in [0.3, 0.4) is 0 Å². The lowest BCUT2D eigenvalue weighted by molar-refractivity contribution is -0.121. The number of nitrogens with zero attached hydrogens (tertiary/aromatic N) is 1. The Hall–Kier alpha value is -2.31. The number of hydrogen-bond acceptors (Lipinski definition) is 6. The summed E-state index contributed by atoms with van der Waals surface area (Å²) in [6.45, 7) is -0.596. The molecular formula is C8H8N2O5. The van der Waals surface area contributed by atoms with Crippen LogP contribution in [0, 0.1) is 0 Å². The SMILES string of the molecule is NC(=O)COC(=O)c1ncc(O)cc1O. The molecule has 0 bridgehead atoms. The van der Waals surface area contributed by atoms with Crippen molar-refractivity contribution >= 4 is 11.9 Å². The van der Waals surface area contributed by atoms with Crippen LogP contribution in [-0.2, 0) is 9.53 Å². The van der Waals surface area contributed by atoms with E-state index in [9.17, 15) is 14.7 Å². The van der Waals surface area contributed by atoms with Gasteiger partial charge in [0.2, 0.25) is 0 Å². The van der Waals surface area contributed by atoms with Crippen molar-refractivity contribution in [1.82, 2.24) is 4.98 Å². The van der Waals surface area contributed by atoms with Crippen LogP contribution in [0.5, 0.6) is 11.5 Å². The van der Waals surface area contributed by atoms with Crippen LogP contribution in [0.2, 0.25) is 0 Å². The average molecular weight is 212 g/mol. The maximum Gasteiger partial charge on any atom is 0.361 e. The summed E-state index contributed by atoms with van der Waals surface area (Å²) in [5.74, 6) is -2.64. The van der Waals surface area contributed by atoms with Crippen LogP contribution in [0.15, 0.2) is 12.3 Å².